The van der Waals surface area contributed by atoms with E-state index in [1.54, 1.807) is 13.1 Å². The Morgan fingerprint density at radius 1 is 1.10 bits per heavy atom. The minimum Gasteiger partial charge on any atom is -0.465 e. The molecule has 0 fully saturated rings. The Bertz CT molecular complexity index is 980. The van der Waals surface area contributed by atoms with Crippen molar-refractivity contribution < 1.29 is 14.3 Å². The number of esters is 1. The Balaban J connectivity index is 1.79. The topological polar surface area (TPSA) is 68.6 Å². The fraction of sp³-hybridized carbons (Fsp3) is 0.333. The molecule has 0 N–H and O–H groups in total. The van der Waals surface area contributed by atoms with E-state index in [1.165, 1.54) is 0 Å². The van der Waals surface area contributed by atoms with Crippen molar-refractivity contribution in [3.05, 3.63) is 77.3 Å². The zero-order valence-electron chi connectivity index (χ0n) is 16.7. The zero-order valence-corrected chi connectivity index (χ0v) is 16.7. The first-order chi connectivity index (χ1) is 14.1. The normalized spacial score (nSPS) is 24.0. The molecule has 2 aromatic rings. The van der Waals surface area contributed by atoms with Crippen LogP contribution >= 0.6 is 0 Å². The van der Waals surface area contributed by atoms with Crippen molar-refractivity contribution in [2.24, 2.45) is 10.9 Å². The van der Waals surface area contributed by atoms with Crippen LogP contribution in [-0.4, -0.2) is 29.1 Å². The molecule has 2 heterocycles. The van der Waals surface area contributed by atoms with Gasteiger partial charge >= 0.3 is 5.97 Å². The molecule has 1 aliphatic heterocycles. The molecule has 0 amide bonds. The number of Topliss-reactive ketones (excluding diaryl/α,β-unsaturated/α-hetero) is 1. The van der Waals surface area contributed by atoms with Crippen LogP contribution < -0.4 is 0 Å². The zero-order chi connectivity index (χ0) is 20.4. The van der Waals surface area contributed by atoms with Gasteiger partial charge < -0.3 is 4.74 Å². The molecule has 5 nitrogen and oxygen atoms in total. The quantitative estimate of drug-likeness (QED) is 0.736. The lowest BCUT2D eigenvalue weighted by molar-refractivity contribution is -0.146. The number of nitrogens with zero attached hydrogens (tertiary/aromatic N) is 2. The van der Waals surface area contributed by atoms with Gasteiger partial charge in [-0.3, -0.25) is 19.6 Å². The van der Waals surface area contributed by atoms with Gasteiger partial charge in [0.05, 0.1) is 12.5 Å². The van der Waals surface area contributed by atoms with Gasteiger partial charge in [0.1, 0.15) is 5.92 Å². The Morgan fingerprint density at radius 3 is 2.55 bits per heavy atom. The number of pyridine rings is 1. The van der Waals surface area contributed by atoms with Gasteiger partial charge in [0.2, 0.25) is 0 Å². The number of allylic oxidation sites excluding steroid dienone is 2. The summed E-state index contributed by atoms with van der Waals surface area (Å²) in [4.78, 5) is 35.3. The Labute approximate surface area is 170 Å². The highest BCUT2D eigenvalue weighted by Gasteiger charge is 2.45. The summed E-state index contributed by atoms with van der Waals surface area (Å²) >= 11 is 0. The molecule has 1 aromatic carbocycles. The Morgan fingerprint density at radius 2 is 1.86 bits per heavy atom. The number of ether oxygens (including phenoxy) is 1. The van der Waals surface area contributed by atoms with Crippen molar-refractivity contribution >= 4 is 17.5 Å². The highest BCUT2D eigenvalue weighted by Crippen LogP contribution is 2.46. The summed E-state index contributed by atoms with van der Waals surface area (Å²) in [5.41, 5.74) is 3.93. The second-order valence-corrected chi connectivity index (χ2v) is 7.51. The predicted octanol–water partition coefficient (Wildman–Crippen LogP) is 4.22. The minimum atomic E-state index is -0.624. The lowest BCUT2D eigenvalue weighted by Crippen LogP contribution is -2.38. The lowest BCUT2D eigenvalue weighted by Gasteiger charge is -2.36. The molecule has 1 unspecified atom stereocenters. The average molecular weight is 388 g/mol. The number of carbonyl (C=O) groups excluding carboxylic acids is 2. The molecule has 0 spiro atoms. The van der Waals surface area contributed by atoms with Crippen LogP contribution in [0.3, 0.4) is 0 Å². The Hall–Kier alpha value is -3.08. The molecule has 0 bridgehead atoms. The van der Waals surface area contributed by atoms with Crippen molar-refractivity contribution in [1.82, 2.24) is 4.98 Å². The summed E-state index contributed by atoms with van der Waals surface area (Å²) in [7, 11) is 0. The van der Waals surface area contributed by atoms with Crippen molar-refractivity contribution in [2.45, 2.75) is 38.5 Å². The van der Waals surface area contributed by atoms with Gasteiger partial charge in [-0.25, -0.2) is 0 Å². The van der Waals surface area contributed by atoms with Crippen molar-refractivity contribution in [3.63, 3.8) is 0 Å². The SMILES string of the molecule is CCOC(=O)C1C(C)=NC2=C(C(=O)C[C@H](c3ccccc3)C2)[C@H]1c1ccccn1. The first-order valence-corrected chi connectivity index (χ1v) is 10.0. The van der Waals surface area contributed by atoms with Crippen LogP contribution in [0.2, 0.25) is 0 Å². The fourth-order valence-electron chi connectivity index (χ4n) is 4.44. The summed E-state index contributed by atoms with van der Waals surface area (Å²) in [5.74, 6) is -1.29. The number of hydrogen-bond acceptors (Lipinski definition) is 5. The van der Waals surface area contributed by atoms with E-state index in [0.717, 1.165) is 11.3 Å². The van der Waals surface area contributed by atoms with E-state index in [2.05, 4.69) is 17.1 Å². The number of aromatic nitrogens is 1. The van der Waals surface area contributed by atoms with Crippen molar-refractivity contribution in [1.29, 1.82) is 0 Å². The van der Waals surface area contributed by atoms with Gasteiger partial charge in [0, 0.05) is 35.3 Å². The number of benzene rings is 1. The van der Waals surface area contributed by atoms with Crippen LogP contribution in [0.25, 0.3) is 0 Å². The summed E-state index contributed by atoms with van der Waals surface area (Å²) in [5, 5.41) is 0. The van der Waals surface area contributed by atoms with Gasteiger partial charge in [-0.15, -0.1) is 0 Å². The molecule has 5 heteroatoms. The summed E-state index contributed by atoms with van der Waals surface area (Å²) in [6.07, 6.45) is 2.79. The van der Waals surface area contributed by atoms with E-state index < -0.39 is 11.8 Å². The number of ketones is 1. The molecule has 1 aliphatic carbocycles. The highest BCUT2D eigenvalue weighted by atomic mass is 16.5. The monoisotopic (exact) mass is 388 g/mol. The van der Waals surface area contributed by atoms with E-state index >= 15 is 0 Å². The molecule has 29 heavy (non-hydrogen) atoms. The van der Waals surface area contributed by atoms with Crippen molar-refractivity contribution in [3.8, 4) is 0 Å². The molecule has 4 rings (SSSR count). The fourth-order valence-corrected chi connectivity index (χ4v) is 4.44. The van der Waals surface area contributed by atoms with E-state index in [1.807, 2.05) is 43.3 Å². The van der Waals surface area contributed by atoms with Gasteiger partial charge in [-0.2, -0.15) is 0 Å². The maximum absolute atomic E-state index is 13.3. The Kier molecular flexibility index (Phi) is 5.38. The average Bonchev–Trinajstić information content (AvgIpc) is 2.74. The van der Waals surface area contributed by atoms with Crippen LogP contribution in [0, 0.1) is 5.92 Å². The van der Waals surface area contributed by atoms with Crippen LogP contribution in [0.15, 0.2) is 71.0 Å². The van der Waals surface area contributed by atoms with Crippen LogP contribution in [0.5, 0.6) is 0 Å². The van der Waals surface area contributed by atoms with Crippen LogP contribution in [0.1, 0.15) is 49.8 Å². The lowest BCUT2D eigenvalue weighted by atomic mass is 9.70. The van der Waals surface area contributed by atoms with Gasteiger partial charge in [0.25, 0.3) is 0 Å². The number of rotatable bonds is 4. The number of aliphatic imine (C=N–C) groups is 1. The van der Waals surface area contributed by atoms with Gasteiger partial charge in [-0.1, -0.05) is 36.4 Å². The van der Waals surface area contributed by atoms with E-state index in [4.69, 9.17) is 9.73 Å². The summed E-state index contributed by atoms with van der Waals surface area (Å²) in [6.45, 7) is 3.91. The van der Waals surface area contributed by atoms with Crippen LogP contribution in [0.4, 0.5) is 0 Å². The molecule has 148 valence electrons. The predicted molar refractivity (Wildman–Crippen MR) is 111 cm³/mol. The molecular formula is C24H24N2O3. The number of carbonyl (C=O) groups is 2. The van der Waals surface area contributed by atoms with E-state index in [0.29, 0.717) is 29.8 Å². The molecule has 0 saturated carbocycles. The molecule has 0 saturated heterocycles. The third-order valence-electron chi connectivity index (χ3n) is 5.71. The van der Waals surface area contributed by atoms with Crippen molar-refractivity contribution in [2.75, 3.05) is 6.61 Å². The van der Waals surface area contributed by atoms with E-state index in [9.17, 15) is 9.59 Å². The maximum atomic E-state index is 13.3. The highest BCUT2D eigenvalue weighted by molar-refractivity contribution is 6.09. The minimum absolute atomic E-state index is 0.0429. The summed E-state index contributed by atoms with van der Waals surface area (Å²) in [6, 6.07) is 15.7. The number of hydrogen-bond donors (Lipinski definition) is 0. The first-order valence-electron chi connectivity index (χ1n) is 10.0. The van der Waals surface area contributed by atoms with Crippen LogP contribution in [-0.2, 0) is 14.3 Å². The maximum Gasteiger partial charge on any atom is 0.315 e. The molecular weight excluding hydrogens is 364 g/mol. The second kappa shape index (κ2) is 8.11. The van der Waals surface area contributed by atoms with E-state index in [-0.39, 0.29) is 24.3 Å². The van der Waals surface area contributed by atoms with Gasteiger partial charge in [-0.05, 0) is 43.9 Å². The molecule has 0 radical (unpaired) electrons. The summed E-state index contributed by atoms with van der Waals surface area (Å²) < 4.78 is 5.33. The standard InChI is InChI=1S/C24H24N2O3/c1-3-29-24(28)21-15(2)26-19-13-17(16-9-5-4-6-10-16)14-20(27)22(19)23(21)18-11-7-8-12-25-18/h4-12,17,21,23H,3,13-14H2,1-2H3/t17-,21?,23+/m1/s1. The third kappa shape index (κ3) is 3.65. The van der Waals surface area contributed by atoms with Gasteiger partial charge in [0.15, 0.2) is 5.78 Å². The first kappa shape index (κ1) is 19.2. The largest absolute Gasteiger partial charge is 0.465 e. The molecule has 1 aromatic heterocycles. The second-order valence-electron chi connectivity index (χ2n) is 7.51. The third-order valence-corrected chi connectivity index (χ3v) is 5.71. The molecule has 2 aliphatic rings. The smallest absolute Gasteiger partial charge is 0.315 e. The molecule has 3 atom stereocenters.